The molecule has 5 fully saturated rings. The summed E-state index contributed by atoms with van der Waals surface area (Å²) >= 11 is 0. The van der Waals surface area contributed by atoms with Gasteiger partial charge >= 0.3 is 0 Å². The Labute approximate surface area is 427 Å². The molecule has 4 N–H and O–H groups in total. The molecule has 0 unspecified atom stereocenters. The Hall–Kier alpha value is -5.95. The monoisotopic (exact) mass is 1020 g/mol. The van der Waals surface area contributed by atoms with Gasteiger partial charge in [-0.1, -0.05) is 38.1 Å². The first-order chi connectivity index (χ1) is 35.0. The lowest BCUT2D eigenvalue weighted by atomic mass is 9.59. The molecule has 73 heavy (non-hydrogen) atoms. The smallest absolute Gasteiger partial charge is 0.297 e. The van der Waals surface area contributed by atoms with Crippen molar-refractivity contribution >= 4 is 44.0 Å². The fraction of sp³-hybridized carbons (Fsp3) is 0.527. The molecule has 3 aromatic carbocycles. The van der Waals surface area contributed by atoms with E-state index in [1.807, 2.05) is 26.1 Å². The van der Waals surface area contributed by atoms with E-state index in [2.05, 4.69) is 67.8 Å². The van der Waals surface area contributed by atoms with Gasteiger partial charge in [0.25, 0.3) is 27.5 Å². The van der Waals surface area contributed by atoms with Gasteiger partial charge < -0.3 is 39.4 Å². The number of aromatic nitrogens is 2. The zero-order valence-corrected chi connectivity index (χ0v) is 43.1. The number of aliphatic hydroxyl groups is 1. The predicted octanol–water partition coefficient (Wildman–Crippen LogP) is 9.29. The number of nitrogens with one attached hydrogen (secondary N) is 3. The van der Waals surface area contributed by atoms with E-state index in [4.69, 9.17) is 19.2 Å². The first kappa shape index (κ1) is 49.3. The second-order valence-electron chi connectivity index (χ2n) is 22.4. The van der Waals surface area contributed by atoms with Crippen LogP contribution >= 0.6 is 0 Å². The highest BCUT2D eigenvalue weighted by atomic mass is 32.2. The second-order valence-corrected chi connectivity index (χ2v) is 24.1. The third-order valence-electron chi connectivity index (χ3n) is 17.0. The maximum Gasteiger partial charge on any atom is 0.297 e. The van der Waals surface area contributed by atoms with E-state index in [9.17, 15) is 28.4 Å². The number of likely N-dealkylation sites (N-methyl/N-ethyl adjacent to an activating group) is 1. The highest BCUT2D eigenvalue weighted by Gasteiger charge is 2.50. The number of rotatable bonds is 13. The standard InChI is InChI=1S/C55H68N8O9S/c1-34(2)41-8-5-6-9-42(41)45-10-7-22-62(45)38-30-55(31-38)19-24-61(25-20-55)37-11-12-43(47(27-37)72-49-26-36-15-21-56-51(36)58-53(49)71-39-16-23-60(4)32-39)52(64)59-73(68,69)40-28-46(63(66)67)50-48(29-40)70-33-44(57-50)35-13-17-54(3,65)18-14-35/h5-6,8-9,11-12,15,21,26-29,34-35,38-39,44-45,57,65H,7,10,13-14,16-20,22-25,30-33H2,1-4H3,(H,56,58)(H,59,64)/t35?,39-,44+,45+,54?/m0/s1. The van der Waals surface area contributed by atoms with Crippen molar-refractivity contribution in [3.05, 3.63) is 99.7 Å². The molecule has 17 nitrogen and oxygen atoms in total. The minimum atomic E-state index is -4.72. The Morgan fingerprint density at radius 3 is 2.49 bits per heavy atom. The van der Waals surface area contributed by atoms with Crippen molar-refractivity contribution in [2.24, 2.45) is 11.3 Å². The zero-order chi connectivity index (χ0) is 50.8. The summed E-state index contributed by atoms with van der Waals surface area (Å²) in [6.07, 6.45) is 11.8. The van der Waals surface area contributed by atoms with E-state index in [1.54, 1.807) is 24.4 Å². The van der Waals surface area contributed by atoms with Crippen LogP contribution in [0.2, 0.25) is 0 Å². The van der Waals surface area contributed by atoms with Gasteiger partial charge in [0.2, 0.25) is 0 Å². The molecule has 18 heteroatoms. The number of hydrogen-bond donors (Lipinski definition) is 4. The van der Waals surface area contributed by atoms with Gasteiger partial charge in [0, 0.05) is 73.7 Å². The third-order valence-corrected chi connectivity index (χ3v) is 18.3. The molecule has 6 aliphatic rings. The highest BCUT2D eigenvalue weighted by molar-refractivity contribution is 7.90. The van der Waals surface area contributed by atoms with Gasteiger partial charge in [0.15, 0.2) is 17.2 Å². The Morgan fingerprint density at radius 1 is 0.973 bits per heavy atom. The number of H-pyrrole nitrogens is 1. The summed E-state index contributed by atoms with van der Waals surface area (Å²) in [4.78, 5) is 41.0. The lowest BCUT2D eigenvalue weighted by Crippen LogP contribution is -2.54. The summed E-state index contributed by atoms with van der Waals surface area (Å²) in [5.41, 5.74) is 3.40. The van der Waals surface area contributed by atoms with Crippen LogP contribution in [0.3, 0.4) is 0 Å². The minimum absolute atomic E-state index is 0.00326. The van der Waals surface area contributed by atoms with Gasteiger partial charge in [-0.05, 0) is 144 Å². The summed E-state index contributed by atoms with van der Waals surface area (Å²) in [7, 11) is -2.68. The highest BCUT2D eigenvalue weighted by Crippen LogP contribution is 2.55. The van der Waals surface area contributed by atoms with Crippen molar-refractivity contribution in [3.8, 4) is 23.1 Å². The fourth-order valence-electron chi connectivity index (χ4n) is 12.8. The summed E-state index contributed by atoms with van der Waals surface area (Å²) < 4.78 is 49.8. The summed E-state index contributed by atoms with van der Waals surface area (Å²) in [6.45, 7) is 10.8. The molecule has 2 aliphatic carbocycles. The van der Waals surface area contributed by atoms with Crippen LogP contribution in [0.4, 0.5) is 17.1 Å². The molecular weight excluding hydrogens is 949 g/mol. The summed E-state index contributed by atoms with van der Waals surface area (Å²) in [6, 6.07) is 20.7. The van der Waals surface area contributed by atoms with Crippen LogP contribution in [0.25, 0.3) is 11.0 Å². The van der Waals surface area contributed by atoms with Crippen LogP contribution < -0.4 is 29.1 Å². The number of nitrogens with zero attached hydrogens (tertiary/aromatic N) is 5. The first-order valence-electron chi connectivity index (χ1n) is 26.3. The number of carbonyl (C=O) groups is 1. The van der Waals surface area contributed by atoms with Crippen LogP contribution in [0.5, 0.6) is 23.1 Å². The van der Waals surface area contributed by atoms with E-state index in [-0.39, 0.29) is 64.5 Å². The van der Waals surface area contributed by atoms with Crippen molar-refractivity contribution in [1.82, 2.24) is 24.5 Å². The van der Waals surface area contributed by atoms with Crippen molar-refractivity contribution in [2.75, 3.05) is 56.6 Å². The lowest BCUT2D eigenvalue weighted by Gasteiger charge is -2.56. The normalized spacial score (nSPS) is 25.5. The van der Waals surface area contributed by atoms with Crippen LogP contribution in [-0.4, -0.2) is 114 Å². The SMILES string of the molecule is CC(C)c1ccccc1[C@H]1CCCN1C1CC2(CCN(c3ccc(C(=O)NS(=O)(=O)c4cc5c(c([N+](=O)[O-])c4)N[C@@H](C4CCC(C)(O)CC4)CO5)c(Oc4cc5cc[nH]c5nc4O[C@H]4CCN(C)C4)c3)CC2)C1. The number of fused-ring (bicyclic) bond motifs is 2. The largest absolute Gasteiger partial charge is 0.489 e. The number of likely N-dealkylation sites (tertiary alicyclic amines) is 2. The number of anilines is 2. The van der Waals surface area contributed by atoms with Gasteiger partial charge in [-0.3, -0.25) is 19.8 Å². The Bertz CT molecular complexity index is 3010. The number of nitro benzene ring substituents is 1. The van der Waals surface area contributed by atoms with Crippen LogP contribution in [0.1, 0.15) is 125 Å². The number of pyridine rings is 1. The number of piperidine rings is 1. The number of hydrogen-bond acceptors (Lipinski definition) is 14. The number of benzene rings is 3. The number of nitro groups is 1. The van der Waals surface area contributed by atoms with Gasteiger partial charge in [-0.15, -0.1) is 0 Å². The minimum Gasteiger partial charge on any atom is -0.489 e. The van der Waals surface area contributed by atoms with Gasteiger partial charge in [-0.25, -0.2) is 13.1 Å². The van der Waals surface area contributed by atoms with E-state index >= 15 is 0 Å². The molecule has 1 spiro atoms. The maximum absolute atomic E-state index is 14.5. The summed E-state index contributed by atoms with van der Waals surface area (Å²) in [5.74, 6) is 0.182. The predicted molar refractivity (Wildman–Crippen MR) is 278 cm³/mol. The van der Waals surface area contributed by atoms with Crippen LogP contribution in [-0.2, 0) is 10.0 Å². The van der Waals surface area contributed by atoms with Crippen molar-refractivity contribution < 1.29 is 37.5 Å². The average molecular weight is 1020 g/mol. The topological polar surface area (TPSA) is 205 Å². The molecule has 3 saturated heterocycles. The molecule has 11 rings (SSSR count). The van der Waals surface area contributed by atoms with Crippen LogP contribution in [0.15, 0.2) is 77.8 Å². The molecule has 6 heterocycles. The number of ether oxygens (including phenoxy) is 3. The number of amides is 1. The van der Waals surface area contributed by atoms with Crippen LogP contribution in [0, 0.1) is 21.4 Å². The Balaban J connectivity index is 0.846. The quantitative estimate of drug-likeness (QED) is 0.0641. The molecule has 1 amide bonds. The lowest BCUT2D eigenvalue weighted by molar-refractivity contribution is -0.384. The maximum atomic E-state index is 14.5. The third kappa shape index (κ3) is 9.95. The number of carbonyl (C=O) groups excluding carboxylic acids is 1. The fourth-order valence-corrected chi connectivity index (χ4v) is 13.8. The van der Waals surface area contributed by atoms with E-state index < -0.39 is 37.0 Å². The van der Waals surface area contributed by atoms with Crippen molar-refractivity contribution in [3.63, 3.8) is 0 Å². The second kappa shape index (κ2) is 19.4. The van der Waals surface area contributed by atoms with E-state index in [1.165, 1.54) is 42.9 Å². The van der Waals surface area contributed by atoms with Gasteiger partial charge in [0.05, 0.1) is 27.0 Å². The Kier molecular flexibility index (Phi) is 13.1. The molecule has 0 radical (unpaired) electrons. The molecule has 4 aliphatic heterocycles. The zero-order valence-electron chi connectivity index (χ0n) is 42.3. The Morgan fingerprint density at radius 2 is 1.75 bits per heavy atom. The molecule has 5 aromatic rings. The summed E-state index contributed by atoms with van der Waals surface area (Å²) in [5, 5.41) is 27.0. The van der Waals surface area contributed by atoms with Gasteiger partial charge in [-0.2, -0.15) is 4.98 Å². The molecule has 388 valence electrons. The molecule has 2 saturated carbocycles. The van der Waals surface area contributed by atoms with E-state index in [0.717, 1.165) is 62.6 Å². The average Bonchev–Trinajstić information content (AvgIpc) is 4.14. The molecule has 3 atom stereocenters. The van der Waals surface area contributed by atoms with Crippen molar-refractivity contribution in [2.45, 2.75) is 132 Å². The molecule has 0 bridgehead atoms. The molecular formula is C55H68N8O9S. The van der Waals surface area contributed by atoms with E-state index in [0.29, 0.717) is 55.9 Å². The number of aromatic amines is 1. The molecule has 2 aromatic heterocycles. The number of sulfonamides is 1. The van der Waals surface area contributed by atoms with Crippen molar-refractivity contribution in [1.29, 1.82) is 0 Å². The van der Waals surface area contributed by atoms with Gasteiger partial charge in [0.1, 0.15) is 24.1 Å². The first-order valence-corrected chi connectivity index (χ1v) is 27.7.